The van der Waals surface area contributed by atoms with E-state index in [4.69, 9.17) is 16.3 Å². The van der Waals surface area contributed by atoms with Gasteiger partial charge >= 0.3 is 0 Å². The molecule has 0 aliphatic carbocycles. The zero-order chi connectivity index (χ0) is 21.0. The first kappa shape index (κ1) is 21.6. The summed E-state index contributed by atoms with van der Waals surface area (Å²) in [7, 11) is -3.56. The Hall–Kier alpha value is -2.09. The third kappa shape index (κ3) is 5.29. The largest absolute Gasteiger partial charge is 0.483 e. The van der Waals surface area contributed by atoms with Crippen LogP contribution >= 0.6 is 11.6 Å². The standard InChI is InChI=1S/C21H25ClN2O4S/c1-16-4-7-19(8-5-16)29(26,27)24-11-3-10-23(12-13-24)21(25)15-28-20-9-6-18(22)14-17(20)2/h4-9,14H,3,10-13,15H2,1-2H3. The monoisotopic (exact) mass is 436 g/mol. The van der Waals surface area contributed by atoms with Gasteiger partial charge in [0.25, 0.3) is 5.91 Å². The Morgan fingerprint density at radius 3 is 2.45 bits per heavy atom. The van der Waals surface area contributed by atoms with Crippen LogP contribution in [0.4, 0.5) is 0 Å². The lowest BCUT2D eigenvalue weighted by Gasteiger charge is -2.22. The Morgan fingerprint density at radius 2 is 1.76 bits per heavy atom. The van der Waals surface area contributed by atoms with Crippen molar-refractivity contribution in [3.63, 3.8) is 0 Å². The number of ether oxygens (including phenoxy) is 1. The first-order chi connectivity index (χ1) is 13.8. The summed E-state index contributed by atoms with van der Waals surface area (Å²) in [5, 5.41) is 0.614. The molecule has 1 aliphatic heterocycles. The van der Waals surface area contributed by atoms with Crippen molar-refractivity contribution in [1.82, 2.24) is 9.21 Å². The third-order valence-electron chi connectivity index (χ3n) is 4.95. The van der Waals surface area contributed by atoms with Gasteiger partial charge in [-0.2, -0.15) is 4.31 Å². The van der Waals surface area contributed by atoms with Crippen molar-refractivity contribution in [3.05, 3.63) is 58.6 Å². The predicted molar refractivity (Wildman–Crippen MR) is 113 cm³/mol. The molecule has 0 aromatic heterocycles. The number of benzene rings is 2. The number of aryl methyl sites for hydroxylation is 2. The summed E-state index contributed by atoms with van der Waals surface area (Å²) in [4.78, 5) is 14.5. The van der Waals surface area contributed by atoms with Crippen LogP contribution in [0.2, 0.25) is 5.02 Å². The number of carbonyl (C=O) groups excluding carboxylic acids is 1. The fourth-order valence-corrected chi connectivity index (χ4v) is 4.94. The van der Waals surface area contributed by atoms with Gasteiger partial charge in [-0.3, -0.25) is 4.79 Å². The lowest BCUT2D eigenvalue weighted by atomic mass is 10.2. The molecule has 1 amide bonds. The van der Waals surface area contributed by atoms with E-state index in [0.29, 0.717) is 36.8 Å². The van der Waals surface area contributed by atoms with E-state index >= 15 is 0 Å². The molecule has 2 aromatic rings. The van der Waals surface area contributed by atoms with E-state index in [1.807, 2.05) is 13.8 Å². The maximum atomic E-state index is 12.9. The van der Waals surface area contributed by atoms with E-state index in [0.717, 1.165) is 11.1 Å². The number of amides is 1. The number of carbonyl (C=O) groups is 1. The summed E-state index contributed by atoms with van der Waals surface area (Å²) in [5.74, 6) is 0.454. The van der Waals surface area contributed by atoms with E-state index in [1.54, 1.807) is 47.4 Å². The maximum absolute atomic E-state index is 12.9. The zero-order valence-electron chi connectivity index (χ0n) is 16.6. The minimum atomic E-state index is -3.56. The molecule has 3 rings (SSSR count). The van der Waals surface area contributed by atoms with E-state index in [1.165, 1.54) is 4.31 Å². The second-order valence-corrected chi connectivity index (χ2v) is 9.52. The third-order valence-corrected chi connectivity index (χ3v) is 7.10. The molecule has 1 saturated heterocycles. The molecule has 0 spiro atoms. The van der Waals surface area contributed by atoms with Crippen LogP contribution in [0, 0.1) is 13.8 Å². The molecule has 0 atom stereocenters. The average molecular weight is 437 g/mol. The first-order valence-corrected chi connectivity index (χ1v) is 11.3. The van der Waals surface area contributed by atoms with E-state index in [9.17, 15) is 13.2 Å². The topological polar surface area (TPSA) is 66.9 Å². The van der Waals surface area contributed by atoms with Crippen LogP contribution in [0.25, 0.3) is 0 Å². The van der Waals surface area contributed by atoms with Gasteiger partial charge in [0.15, 0.2) is 6.61 Å². The lowest BCUT2D eigenvalue weighted by Crippen LogP contribution is -2.39. The van der Waals surface area contributed by atoms with Gasteiger partial charge in [-0.15, -0.1) is 0 Å². The van der Waals surface area contributed by atoms with Crippen molar-refractivity contribution in [2.75, 3.05) is 32.8 Å². The van der Waals surface area contributed by atoms with Crippen LogP contribution in [0.5, 0.6) is 5.75 Å². The first-order valence-electron chi connectivity index (χ1n) is 9.51. The summed E-state index contributed by atoms with van der Waals surface area (Å²) in [5.41, 5.74) is 1.86. The van der Waals surface area contributed by atoms with Gasteiger partial charge in [0, 0.05) is 31.2 Å². The highest BCUT2D eigenvalue weighted by Crippen LogP contribution is 2.22. The normalized spacial score (nSPS) is 15.8. The smallest absolute Gasteiger partial charge is 0.260 e. The summed E-state index contributed by atoms with van der Waals surface area (Å²) in [6, 6.07) is 12.1. The highest BCUT2D eigenvalue weighted by atomic mass is 35.5. The minimum Gasteiger partial charge on any atom is -0.483 e. The quantitative estimate of drug-likeness (QED) is 0.721. The number of nitrogens with zero attached hydrogens (tertiary/aromatic N) is 2. The van der Waals surface area contributed by atoms with E-state index in [-0.39, 0.29) is 24.0 Å². The second-order valence-electron chi connectivity index (χ2n) is 7.15. The van der Waals surface area contributed by atoms with Crippen molar-refractivity contribution in [2.45, 2.75) is 25.2 Å². The van der Waals surface area contributed by atoms with Crippen LogP contribution < -0.4 is 4.74 Å². The molecular formula is C21H25ClN2O4S. The average Bonchev–Trinajstić information content (AvgIpc) is 2.94. The van der Waals surface area contributed by atoms with E-state index < -0.39 is 10.0 Å². The molecular weight excluding hydrogens is 412 g/mol. The number of halogens is 1. The Morgan fingerprint density at radius 1 is 1.03 bits per heavy atom. The molecule has 0 saturated carbocycles. The minimum absolute atomic E-state index is 0.0901. The Labute approximate surface area is 177 Å². The fraction of sp³-hybridized carbons (Fsp3) is 0.381. The predicted octanol–water partition coefficient (Wildman–Crippen LogP) is 3.26. The van der Waals surface area contributed by atoms with Crippen molar-refractivity contribution in [2.24, 2.45) is 0 Å². The van der Waals surface area contributed by atoms with E-state index in [2.05, 4.69) is 0 Å². The van der Waals surface area contributed by atoms with Crippen molar-refractivity contribution in [3.8, 4) is 5.75 Å². The van der Waals surface area contributed by atoms with Crippen LogP contribution in [0.1, 0.15) is 17.5 Å². The van der Waals surface area contributed by atoms with Gasteiger partial charge in [-0.05, 0) is 56.2 Å². The van der Waals surface area contributed by atoms with Gasteiger partial charge in [0.2, 0.25) is 10.0 Å². The number of hydrogen-bond donors (Lipinski definition) is 0. The van der Waals surface area contributed by atoms with Gasteiger partial charge in [-0.1, -0.05) is 29.3 Å². The molecule has 156 valence electrons. The van der Waals surface area contributed by atoms with Crippen LogP contribution in [-0.4, -0.2) is 56.3 Å². The second kappa shape index (κ2) is 9.15. The Kier molecular flexibility index (Phi) is 6.82. The lowest BCUT2D eigenvalue weighted by molar-refractivity contribution is -0.133. The molecule has 8 heteroatoms. The molecule has 1 aliphatic rings. The van der Waals surface area contributed by atoms with Crippen molar-refractivity contribution < 1.29 is 17.9 Å². The number of sulfonamides is 1. The van der Waals surface area contributed by atoms with Crippen molar-refractivity contribution in [1.29, 1.82) is 0 Å². The highest BCUT2D eigenvalue weighted by Gasteiger charge is 2.28. The molecule has 0 N–H and O–H groups in total. The Balaban J connectivity index is 1.60. The number of hydrogen-bond acceptors (Lipinski definition) is 4. The van der Waals surface area contributed by atoms with Crippen LogP contribution in [0.15, 0.2) is 47.4 Å². The summed E-state index contributed by atoms with van der Waals surface area (Å²) in [6.45, 7) is 5.19. The molecule has 2 aromatic carbocycles. The van der Waals surface area contributed by atoms with Crippen LogP contribution in [-0.2, 0) is 14.8 Å². The Bertz CT molecular complexity index is 977. The van der Waals surface area contributed by atoms with Gasteiger partial charge in [-0.25, -0.2) is 8.42 Å². The summed E-state index contributed by atoms with van der Waals surface area (Å²) >= 11 is 5.94. The molecule has 6 nitrogen and oxygen atoms in total. The zero-order valence-corrected chi connectivity index (χ0v) is 18.2. The molecule has 0 unspecified atom stereocenters. The van der Waals surface area contributed by atoms with Crippen LogP contribution in [0.3, 0.4) is 0 Å². The molecule has 1 heterocycles. The number of rotatable bonds is 5. The van der Waals surface area contributed by atoms with Gasteiger partial charge in [0.05, 0.1) is 4.90 Å². The fourth-order valence-electron chi connectivity index (χ4n) is 3.25. The molecule has 0 bridgehead atoms. The maximum Gasteiger partial charge on any atom is 0.260 e. The van der Waals surface area contributed by atoms with Gasteiger partial charge < -0.3 is 9.64 Å². The van der Waals surface area contributed by atoms with Crippen molar-refractivity contribution >= 4 is 27.5 Å². The molecule has 1 fully saturated rings. The SMILES string of the molecule is Cc1ccc(S(=O)(=O)N2CCCN(C(=O)COc3ccc(Cl)cc3C)CC2)cc1. The highest BCUT2D eigenvalue weighted by molar-refractivity contribution is 7.89. The molecule has 29 heavy (non-hydrogen) atoms. The van der Waals surface area contributed by atoms with Gasteiger partial charge in [0.1, 0.15) is 5.75 Å². The summed E-state index contributed by atoms with van der Waals surface area (Å²) in [6.07, 6.45) is 0.580. The molecule has 0 radical (unpaired) electrons. The summed E-state index contributed by atoms with van der Waals surface area (Å²) < 4.78 is 32.9.